The van der Waals surface area contributed by atoms with E-state index in [1.807, 2.05) is 0 Å². The van der Waals surface area contributed by atoms with Gasteiger partial charge in [0.2, 0.25) is 5.95 Å². The molecule has 0 atom stereocenters. The lowest BCUT2D eigenvalue weighted by Crippen LogP contribution is -2.21. The summed E-state index contributed by atoms with van der Waals surface area (Å²) < 4.78 is 37.2. The summed E-state index contributed by atoms with van der Waals surface area (Å²) in [7, 11) is 1.47. The maximum atomic E-state index is 12.1. The van der Waals surface area contributed by atoms with Crippen LogP contribution in [0, 0.1) is 0 Å². The standard InChI is InChI=1S/C6H10F3N5/c1-11-5-13-12-4(2-10)14(5)3-6(7,8)9/h2-3,10H2,1H3,(H,11,13). The minimum absolute atomic E-state index is 0.0581. The van der Waals surface area contributed by atoms with Crippen LogP contribution in [0.5, 0.6) is 0 Å². The number of alkyl halides is 3. The summed E-state index contributed by atoms with van der Waals surface area (Å²) in [6.07, 6.45) is -4.31. The number of hydrogen-bond acceptors (Lipinski definition) is 4. The van der Waals surface area contributed by atoms with Crippen molar-refractivity contribution in [3.05, 3.63) is 5.82 Å². The van der Waals surface area contributed by atoms with Gasteiger partial charge in [-0.15, -0.1) is 10.2 Å². The lowest BCUT2D eigenvalue weighted by Gasteiger charge is -2.11. The average molecular weight is 209 g/mol. The van der Waals surface area contributed by atoms with Crippen LogP contribution < -0.4 is 11.1 Å². The van der Waals surface area contributed by atoms with Gasteiger partial charge < -0.3 is 11.1 Å². The molecule has 0 saturated heterocycles. The van der Waals surface area contributed by atoms with E-state index in [0.29, 0.717) is 0 Å². The third-order valence-corrected chi connectivity index (χ3v) is 1.57. The molecule has 0 amide bonds. The molecule has 14 heavy (non-hydrogen) atoms. The average Bonchev–Trinajstić information content (AvgIpc) is 2.44. The summed E-state index contributed by atoms with van der Waals surface area (Å²) in [5, 5.41) is 9.53. The van der Waals surface area contributed by atoms with E-state index in [1.54, 1.807) is 0 Å². The monoisotopic (exact) mass is 209 g/mol. The van der Waals surface area contributed by atoms with Crippen LogP contribution in [0.25, 0.3) is 0 Å². The van der Waals surface area contributed by atoms with Gasteiger partial charge in [0, 0.05) is 7.05 Å². The first-order valence-electron chi connectivity index (χ1n) is 3.84. The zero-order chi connectivity index (χ0) is 10.8. The lowest BCUT2D eigenvalue weighted by atomic mass is 10.5. The van der Waals surface area contributed by atoms with Crippen molar-refractivity contribution >= 4 is 5.95 Å². The summed E-state index contributed by atoms with van der Waals surface area (Å²) in [5.74, 6) is 0.162. The Kier molecular flexibility index (Phi) is 2.94. The van der Waals surface area contributed by atoms with Crippen molar-refractivity contribution in [2.75, 3.05) is 12.4 Å². The van der Waals surface area contributed by atoms with E-state index in [1.165, 1.54) is 7.05 Å². The van der Waals surface area contributed by atoms with Gasteiger partial charge in [0.1, 0.15) is 12.4 Å². The molecular formula is C6H10F3N5. The van der Waals surface area contributed by atoms with E-state index in [-0.39, 0.29) is 18.3 Å². The van der Waals surface area contributed by atoms with Crippen molar-refractivity contribution in [3.8, 4) is 0 Å². The molecule has 8 heteroatoms. The third kappa shape index (κ3) is 2.34. The van der Waals surface area contributed by atoms with Crippen LogP contribution in [-0.4, -0.2) is 28.0 Å². The Morgan fingerprint density at radius 1 is 1.43 bits per heavy atom. The summed E-state index contributed by atoms with van der Waals surface area (Å²) in [6, 6.07) is 0. The van der Waals surface area contributed by atoms with Crippen LogP contribution in [0.15, 0.2) is 0 Å². The normalized spacial score (nSPS) is 11.8. The first kappa shape index (κ1) is 10.8. The van der Waals surface area contributed by atoms with Crippen molar-refractivity contribution in [2.24, 2.45) is 5.73 Å². The minimum atomic E-state index is -4.31. The maximum absolute atomic E-state index is 12.1. The van der Waals surface area contributed by atoms with Gasteiger partial charge in [-0.3, -0.25) is 4.57 Å². The number of rotatable bonds is 3. The van der Waals surface area contributed by atoms with Crippen molar-refractivity contribution in [1.29, 1.82) is 0 Å². The van der Waals surface area contributed by atoms with Crippen LogP contribution >= 0.6 is 0 Å². The highest BCUT2D eigenvalue weighted by Crippen LogP contribution is 2.20. The van der Waals surface area contributed by atoms with Gasteiger partial charge in [-0.05, 0) is 0 Å². The Balaban J connectivity index is 2.97. The number of nitrogens with one attached hydrogen (secondary N) is 1. The zero-order valence-corrected chi connectivity index (χ0v) is 7.47. The molecule has 0 aliphatic carbocycles. The van der Waals surface area contributed by atoms with Crippen LogP contribution in [0.3, 0.4) is 0 Å². The Hall–Kier alpha value is -1.31. The highest BCUT2D eigenvalue weighted by molar-refractivity contribution is 5.24. The fourth-order valence-corrected chi connectivity index (χ4v) is 1.02. The second-order valence-corrected chi connectivity index (χ2v) is 2.60. The number of hydrogen-bond donors (Lipinski definition) is 2. The number of nitrogens with two attached hydrogens (primary N) is 1. The molecule has 80 valence electrons. The summed E-state index contributed by atoms with van der Waals surface area (Å²) in [6.45, 7) is -1.21. The Morgan fingerprint density at radius 2 is 2.07 bits per heavy atom. The molecule has 0 aromatic carbocycles. The summed E-state index contributed by atoms with van der Waals surface area (Å²) in [4.78, 5) is 0. The Labute approximate surface area is 78.1 Å². The molecule has 0 unspecified atom stereocenters. The Morgan fingerprint density at radius 3 is 2.50 bits per heavy atom. The molecule has 1 heterocycles. The van der Waals surface area contributed by atoms with Crippen molar-refractivity contribution in [1.82, 2.24) is 14.8 Å². The molecule has 1 rings (SSSR count). The molecule has 1 aromatic rings. The van der Waals surface area contributed by atoms with Gasteiger partial charge in [0.05, 0.1) is 6.54 Å². The van der Waals surface area contributed by atoms with Gasteiger partial charge in [-0.25, -0.2) is 0 Å². The predicted octanol–water partition coefficient (Wildman–Crippen LogP) is 0.341. The van der Waals surface area contributed by atoms with E-state index in [2.05, 4.69) is 15.5 Å². The van der Waals surface area contributed by atoms with Gasteiger partial charge in [0.15, 0.2) is 0 Å². The minimum Gasteiger partial charge on any atom is -0.357 e. The molecule has 0 aliphatic rings. The van der Waals surface area contributed by atoms with Crippen LogP contribution in [0.2, 0.25) is 0 Å². The van der Waals surface area contributed by atoms with Gasteiger partial charge in [-0.2, -0.15) is 13.2 Å². The van der Waals surface area contributed by atoms with Crippen molar-refractivity contribution < 1.29 is 13.2 Å². The van der Waals surface area contributed by atoms with E-state index in [0.717, 1.165) is 4.57 Å². The number of anilines is 1. The van der Waals surface area contributed by atoms with Crippen LogP contribution in [0.1, 0.15) is 5.82 Å². The summed E-state index contributed by atoms with van der Waals surface area (Å²) in [5.41, 5.74) is 5.22. The summed E-state index contributed by atoms with van der Waals surface area (Å²) >= 11 is 0. The molecule has 0 fully saturated rings. The molecular weight excluding hydrogens is 199 g/mol. The first-order chi connectivity index (χ1) is 6.48. The second kappa shape index (κ2) is 3.82. The number of aromatic nitrogens is 3. The predicted molar refractivity (Wildman–Crippen MR) is 43.5 cm³/mol. The number of halogens is 3. The highest BCUT2D eigenvalue weighted by Gasteiger charge is 2.30. The molecule has 1 aromatic heterocycles. The lowest BCUT2D eigenvalue weighted by molar-refractivity contribution is -0.140. The highest BCUT2D eigenvalue weighted by atomic mass is 19.4. The fourth-order valence-electron chi connectivity index (χ4n) is 1.02. The van der Waals surface area contributed by atoms with Crippen molar-refractivity contribution in [3.63, 3.8) is 0 Å². The topological polar surface area (TPSA) is 68.8 Å². The van der Waals surface area contributed by atoms with E-state index < -0.39 is 12.7 Å². The molecule has 0 saturated carbocycles. The molecule has 3 N–H and O–H groups in total. The van der Waals surface area contributed by atoms with E-state index in [9.17, 15) is 13.2 Å². The van der Waals surface area contributed by atoms with Crippen molar-refractivity contribution in [2.45, 2.75) is 19.3 Å². The van der Waals surface area contributed by atoms with E-state index in [4.69, 9.17) is 5.73 Å². The number of nitrogens with zero attached hydrogens (tertiary/aromatic N) is 3. The van der Waals surface area contributed by atoms with Crippen LogP contribution in [0.4, 0.5) is 19.1 Å². The quantitative estimate of drug-likeness (QED) is 0.753. The molecule has 0 spiro atoms. The van der Waals surface area contributed by atoms with Gasteiger partial charge >= 0.3 is 6.18 Å². The van der Waals surface area contributed by atoms with Crippen LogP contribution in [-0.2, 0) is 13.1 Å². The van der Waals surface area contributed by atoms with Gasteiger partial charge in [-0.1, -0.05) is 0 Å². The third-order valence-electron chi connectivity index (χ3n) is 1.57. The molecule has 0 radical (unpaired) electrons. The largest absolute Gasteiger partial charge is 0.406 e. The first-order valence-corrected chi connectivity index (χ1v) is 3.84. The zero-order valence-electron chi connectivity index (χ0n) is 7.47. The molecule has 5 nitrogen and oxygen atoms in total. The maximum Gasteiger partial charge on any atom is 0.406 e. The molecule has 0 bridgehead atoms. The van der Waals surface area contributed by atoms with Gasteiger partial charge in [0.25, 0.3) is 0 Å². The fraction of sp³-hybridized carbons (Fsp3) is 0.667. The second-order valence-electron chi connectivity index (χ2n) is 2.60. The molecule has 0 aliphatic heterocycles. The Bertz CT molecular complexity index is 283. The smallest absolute Gasteiger partial charge is 0.357 e. The van der Waals surface area contributed by atoms with E-state index >= 15 is 0 Å². The SMILES string of the molecule is CNc1nnc(CN)n1CC(F)(F)F.